The third-order valence-electron chi connectivity index (χ3n) is 3.31. The molecule has 0 aliphatic carbocycles. The number of anilines is 1. The summed E-state index contributed by atoms with van der Waals surface area (Å²) in [7, 11) is -4.09. The number of nitrogens with two attached hydrogens (primary N) is 1. The highest BCUT2D eigenvalue weighted by molar-refractivity contribution is 7.89. The molecule has 136 valence electrons. The Morgan fingerprint density at radius 1 is 1.12 bits per heavy atom. The zero-order valence-electron chi connectivity index (χ0n) is 13.3. The van der Waals surface area contributed by atoms with Crippen LogP contribution in [0, 0.1) is 20.2 Å². The van der Waals surface area contributed by atoms with Gasteiger partial charge in [0.2, 0.25) is 10.0 Å². The van der Waals surface area contributed by atoms with E-state index in [1.165, 1.54) is 18.2 Å². The number of primary sulfonamides is 1. The summed E-state index contributed by atoms with van der Waals surface area (Å²) in [6, 6.07) is 8.77. The molecule has 3 N–H and O–H groups in total. The Balaban J connectivity index is 2.36. The minimum atomic E-state index is -4.09. The van der Waals surface area contributed by atoms with E-state index in [0.29, 0.717) is 11.3 Å². The van der Waals surface area contributed by atoms with Crippen LogP contribution in [0.4, 0.5) is 17.1 Å². The van der Waals surface area contributed by atoms with Crippen LogP contribution in [-0.2, 0) is 10.0 Å². The van der Waals surface area contributed by atoms with Crippen molar-refractivity contribution in [1.29, 1.82) is 0 Å². The highest BCUT2D eigenvalue weighted by Gasteiger charge is 2.19. The molecule has 0 atom stereocenters. The maximum Gasteiger partial charge on any atom is 0.295 e. The lowest BCUT2D eigenvalue weighted by molar-refractivity contribution is -0.384. The lowest BCUT2D eigenvalue weighted by atomic mass is 10.1. The molecular formula is C14H13N5O6S. The topological polar surface area (TPSA) is 171 Å². The van der Waals surface area contributed by atoms with Crippen molar-refractivity contribution in [2.75, 3.05) is 5.43 Å². The van der Waals surface area contributed by atoms with Crippen molar-refractivity contribution in [3.8, 4) is 0 Å². The van der Waals surface area contributed by atoms with Crippen molar-refractivity contribution in [3.05, 3.63) is 68.3 Å². The van der Waals surface area contributed by atoms with E-state index >= 15 is 0 Å². The third-order valence-corrected chi connectivity index (χ3v) is 4.22. The van der Waals surface area contributed by atoms with Crippen molar-refractivity contribution in [1.82, 2.24) is 0 Å². The first-order valence-electron chi connectivity index (χ1n) is 6.96. The number of hydrazone groups is 1. The molecule has 11 nitrogen and oxygen atoms in total. The van der Waals surface area contributed by atoms with Crippen LogP contribution in [-0.4, -0.2) is 24.0 Å². The van der Waals surface area contributed by atoms with Gasteiger partial charge in [0.05, 0.1) is 20.5 Å². The van der Waals surface area contributed by atoms with E-state index in [1.54, 1.807) is 13.0 Å². The Hall–Kier alpha value is -3.38. The molecule has 0 spiro atoms. The number of non-ortho nitro benzene ring substituents is 1. The van der Waals surface area contributed by atoms with Gasteiger partial charge in [-0.3, -0.25) is 25.7 Å². The van der Waals surface area contributed by atoms with E-state index in [4.69, 9.17) is 5.14 Å². The molecular weight excluding hydrogens is 366 g/mol. The molecule has 0 aliphatic rings. The lowest BCUT2D eigenvalue weighted by Crippen LogP contribution is -2.12. The molecule has 0 unspecified atom stereocenters. The number of nitrogens with zero attached hydrogens (tertiary/aromatic N) is 3. The van der Waals surface area contributed by atoms with Crippen LogP contribution < -0.4 is 10.6 Å². The molecule has 0 bridgehead atoms. The Kier molecular flexibility index (Phi) is 5.28. The van der Waals surface area contributed by atoms with Crippen LogP contribution in [0.1, 0.15) is 12.5 Å². The number of nitro benzene ring substituents is 2. The number of nitrogens with one attached hydrogen (secondary N) is 1. The van der Waals surface area contributed by atoms with Crippen LogP contribution in [0.15, 0.2) is 52.5 Å². The van der Waals surface area contributed by atoms with E-state index in [1.807, 2.05) is 0 Å². The summed E-state index contributed by atoms with van der Waals surface area (Å²) in [6.45, 7) is 1.55. The van der Waals surface area contributed by atoms with Gasteiger partial charge in [-0.25, -0.2) is 13.6 Å². The summed E-state index contributed by atoms with van der Waals surface area (Å²) in [5.41, 5.74) is 2.51. The maximum absolute atomic E-state index is 11.3. The second-order valence-corrected chi connectivity index (χ2v) is 6.66. The standard InChI is InChI=1S/C14H13N5O6S/c1-9(10-3-2-4-11(7-10)18(20)21)16-17-13-6-5-12(26(15,24)25)8-14(13)19(22)23/h2-8,17H,1H3,(H2,15,24,25)/b16-9+. The number of nitro groups is 2. The van der Waals surface area contributed by atoms with Crippen LogP contribution in [0.2, 0.25) is 0 Å². The normalized spacial score (nSPS) is 11.8. The van der Waals surface area contributed by atoms with Gasteiger partial charge in [-0.05, 0) is 19.1 Å². The van der Waals surface area contributed by atoms with Gasteiger partial charge >= 0.3 is 0 Å². The van der Waals surface area contributed by atoms with E-state index in [-0.39, 0.29) is 11.4 Å². The number of hydrogen-bond donors (Lipinski definition) is 2. The van der Waals surface area contributed by atoms with Crippen LogP contribution in [0.3, 0.4) is 0 Å². The van der Waals surface area contributed by atoms with E-state index in [2.05, 4.69) is 10.5 Å². The van der Waals surface area contributed by atoms with E-state index in [9.17, 15) is 28.6 Å². The molecule has 0 radical (unpaired) electrons. The molecule has 2 aromatic rings. The zero-order chi connectivity index (χ0) is 19.5. The van der Waals surface area contributed by atoms with Crippen LogP contribution in [0.5, 0.6) is 0 Å². The minimum absolute atomic E-state index is 0.0628. The van der Waals surface area contributed by atoms with Gasteiger partial charge in [0.1, 0.15) is 5.69 Å². The van der Waals surface area contributed by atoms with Gasteiger partial charge in [-0.15, -0.1) is 0 Å². The fourth-order valence-corrected chi connectivity index (χ4v) is 2.52. The summed E-state index contributed by atoms with van der Waals surface area (Å²) in [6.07, 6.45) is 0. The first-order valence-corrected chi connectivity index (χ1v) is 8.50. The predicted octanol–water partition coefficient (Wildman–Crippen LogP) is 1.99. The molecule has 26 heavy (non-hydrogen) atoms. The zero-order valence-corrected chi connectivity index (χ0v) is 14.1. The fraction of sp³-hybridized carbons (Fsp3) is 0.0714. The molecule has 2 rings (SSSR count). The molecule has 12 heteroatoms. The summed E-state index contributed by atoms with van der Waals surface area (Å²) in [5.74, 6) is 0. The summed E-state index contributed by atoms with van der Waals surface area (Å²) < 4.78 is 22.6. The Labute approximate surface area is 147 Å². The largest absolute Gasteiger partial charge is 0.295 e. The van der Waals surface area contributed by atoms with E-state index in [0.717, 1.165) is 18.2 Å². The molecule has 0 fully saturated rings. The SMILES string of the molecule is C/C(=N\Nc1ccc(S(N)(=O)=O)cc1[N+](=O)[O-])c1cccc([N+](=O)[O-])c1. The van der Waals surface area contributed by atoms with Crippen molar-refractivity contribution in [2.24, 2.45) is 10.2 Å². The summed E-state index contributed by atoms with van der Waals surface area (Å²) in [4.78, 5) is 20.2. The van der Waals surface area contributed by atoms with Gasteiger partial charge in [0.25, 0.3) is 11.4 Å². The Morgan fingerprint density at radius 2 is 1.81 bits per heavy atom. The lowest BCUT2D eigenvalue weighted by Gasteiger charge is -2.06. The molecule has 0 aliphatic heterocycles. The number of rotatable bonds is 6. The average molecular weight is 379 g/mol. The average Bonchev–Trinajstić information content (AvgIpc) is 2.58. The first kappa shape index (κ1) is 19.0. The van der Waals surface area contributed by atoms with Gasteiger partial charge in [0, 0.05) is 23.8 Å². The number of hydrogen-bond acceptors (Lipinski definition) is 8. The number of benzene rings is 2. The van der Waals surface area contributed by atoms with Crippen molar-refractivity contribution < 1.29 is 18.3 Å². The van der Waals surface area contributed by atoms with Gasteiger partial charge in [-0.1, -0.05) is 12.1 Å². The minimum Gasteiger partial charge on any atom is -0.271 e. The van der Waals surface area contributed by atoms with Gasteiger partial charge in [0.15, 0.2) is 0 Å². The maximum atomic E-state index is 11.3. The van der Waals surface area contributed by atoms with Crippen LogP contribution >= 0.6 is 0 Å². The Morgan fingerprint density at radius 3 is 2.38 bits per heavy atom. The second kappa shape index (κ2) is 7.25. The van der Waals surface area contributed by atoms with Crippen LogP contribution in [0.25, 0.3) is 0 Å². The first-order chi connectivity index (χ1) is 12.1. The van der Waals surface area contributed by atoms with Crippen molar-refractivity contribution >= 4 is 32.8 Å². The summed E-state index contributed by atoms with van der Waals surface area (Å²) in [5, 5.41) is 30.9. The molecule has 0 heterocycles. The molecule has 0 saturated carbocycles. The third kappa shape index (κ3) is 4.37. The predicted molar refractivity (Wildman–Crippen MR) is 93.4 cm³/mol. The highest BCUT2D eigenvalue weighted by atomic mass is 32.2. The van der Waals surface area contributed by atoms with Crippen molar-refractivity contribution in [2.45, 2.75) is 11.8 Å². The van der Waals surface area contributed by atoms with Gasteiger partial charge < -0.3 is 0 Å². The quantitative estimate of drug-likeness (QED) is 0.439. The monoisotopic (exact) mass is 379 g/mol. The Bertz CT molecular complexity index is 1020. The second-order valence-electron chi connectivity index (χ2n) is 5.10. The van der Waals surface area contributed by atoms with E-state index < -0.39 is 30.5 Å². The smallest absolute Gasteiger partial charge is 0.271 e. The molecule has 0 aromatic heterocycles. The molecule has 0 saturated heterocycles. The van der Waals surface area contributed by atoms with Gasteiger partial charge in [-0.2, -0.15) is 5.10 Å². The fourth-order valence-electron chi connectivity index (χ4n) is 1.99. The summed E-state index contributed by atoms with van der Waals surface area (Å²) >= 11 is 0. The highest BCUT2D eigenvalue weighted by Crippen LogP contribution is 2.27. The molecule has 0 amide bonds. The molecule has 2 aromatic carbocycles. The van der Waals surface area contributed by atoms with Crippen molar-refractivity contribution in [3.63, 3.8) is 0 Å². The number of sulfonamides is 1.